The van der Waals surface area contributed by atoms with Crippen LogP contribution in [0.5, 0.6) is 0 Å². The van der Waals surface area contributed by atoms with Crippen molar-refractivity contribution in [1.29, 1.82) is 0 Å². The zero-order valence-electron chi connectivity index (χ0n) is 15.4. The molecule has 0 N–H and O–H groups in total. The van der Waals surface area contributed by atoms with Crippen LogP contribution < -0.4 is 4.90 Å². The number of ether oxygens (including phenoxy) is 1. The fraction of sp³-hybridized carbons (Fsp3) is 0.450. The van der Waals surface area contributed by atoms with E-state index in [1.54, 1.807) is 19.5 Å². The molecule has 0 aromatic carbocycles. The number of aromatic nitrogens is 2. The lowest BCUT2D eigenvalue weighted by molar-refractivity contribution is -0.137. The summed E-state index contributed by atoms with van der Waals surface area (Å²) in [5.74, 6) is 1.33. The molecule has 6 heteroatoms. The zero-order valence-corrected chi connectivity index (χ0v) is 15.4. The van der Waals surface area contributed by atoms with Gasteiger partial charge in [0, 0.05) is 39.1 Å². The van der Waals surface area contributed by atoms with E-state index in [9.17, 15) is 4.79 Å². The first kappa shape index (κ1) is 18.3. The van der Waals surface area contributed by atoms with Crippen molar-refractivity contribution in [2.45, 2.75) is 13.5 Å². The summed E-state index contributed by atoms with van der Waals surface area (Å²) in [6, 6.07) is 11.7. The Morgan fingerprint density at radius 1 is 1.19 bits per heavy atom. The third kappa shape index (κ3) is 4.38. The molecular weight excluding hydrogens is 328 g/mol. The minimum atomic E-state index is -0.0439. The van der Waals surface area contributed by atoms with Crippen molar-refractivity contribution in [2.24, 2.45) is 11.8 Å². The van der Waals surface area contributed by atoms with Crippen LogP contribution in [0.25, 0.3) is 0 Å². The Morgan fingerprint density at radius 3 is 2.62 bits per heavy atom. The van der Waals surface area contributed by atoms with Gasteiger partial charge in [0.2, 0.25) is 5.91 Å². The van der Waals surface area contributed by atoms with Gasteiger partial charge in [0.25, 0.3) is 0 Å². The third-order valence-corrected chi connectivity index (χ3v) is 4.86. The van der Waals surface area contributed by atoms with Crippen molar-refractivity contribution in [3.05, 3.63) is 54.5 Å². The van der Waals surface area contributed by atoms with Gasteiger partial charge in [-0.05, 0) is 30.2 Å². The lowest BCUT2D eigenvalue weighted by Crippen LogP contribution is -2.40. The molecular formula is C20H26N4O2. The van der Waals surface area contributed by atoms with E-state index in [1.165, 1.54) is 0 Å². The molecule has 0 aliphatic carbocycles. The Balaban J connectivity index is 1.71. The van der Waals surface area contributed by atoms with Gasteiger partial charge in [-0.1, -0.05) is 19.1 Å². The van der Waals surface area contributed by atoms with Crippen molar-refractivity contribution in [3.8, 4) is 0 Å². The van der Waals surface area contributed by atoms with E-state index in [0.717, 1.165) is 18.1 Å². The molecule has 138 valence electrons. The first-order chi connectivity index (χ1) is 12.7. The van der Waals surface area contributed by atoms with Gasteiger partial charge in [-0.2, -0.15) is 0 Å². The number of amides is 1. The number of hydrogen-bond acceptors (Lipinski definition) is 5. The highest BCUT2D eigenvalue weighted by Crippen LogP contribution is 2.28. The predicted octanol–water partition coefficient (Wildman–Crippen LogP) is 2.22. The molecule has 1 fully saturated rings. The number of carbonyl (C=O) groups excluding carboxylic acids is 1. The van der Waals surface area contributed by atoms with Crippen LogP contribution in [-0.2, 0) is 16.1 Å². The van der Waals surface area contributed by atoms with E-state index in [1.807, 2.05) is 41.3 Å². The van der Waals surface area contributed by atoms with Crippen molar-refractivity contribution in [2.75, 3.05) is 38.3 Å². The molecule has 0 bridgehead atoms. The Kier molecular flexibility index (Phi) is 6.17. The van der Waals surface area contributed by atoms with E-state index in [2.05, 4.69) is 21.8 Å². The first-order valence-electron chi connectivity index (χ1n) is 9.02. The van der Waals surface area contributed by atoms with Gasteiger partial charge in [0.15, 0.2) is 0 Å². The van der Waals surface area contributed by atoms with Gasteiger partial charge in [-0.25, -0.2) is 4.98 Å². The molecule has 0 saturated carbocycles. The highest BCUT2D eigenvalue weighted by Gasteiger charge is 2.37. The zero-order chi connectivity index (χ0) is 18.4. The molecule has 3 heterocycles. The van der Waals surface area contributed by atoms with Gasteiger partial charge < -0.3 is 14.5 Å². The number of pyridine rings is 2. The summed E-state index contributed by atoms with van der Waals surface area (Å²) in [6.07, 6.45) is 3.55. The second kappa shape index (κ2) is 8.76. The van der Waals surface area contributed by atoms with Gasteiger partial charge in [0.1, 0.15) is 5.82 Å². The summed E-state index contributed by atoms with van der Waals surface area (Å²) >= 11 is 0. The molecule has 1 saturated heterocycles. The summed E-state index contributed by atoms with van der Waals surface area (Å²) in [4.78, 5) is 26.1. The van der Waals surface area contributed by atoms with E-state index < -0.39 is 0 Å². The van der Waals surface area contributed by atoms with Crippen molar-refractivity contribution < 1.29 is 9.53 Å². The van der Waals surface area contributed by atoms with Crippen LogP contribution in [-0.4, -0.2) is 54.1 Å². The third-order valence-electron chi connectivity index (χ3n) is 4.86. The second-order valence-electron chi connectivity index (χ2n) is 6.75. The van der Waals surface area contributed by atoms with Gasteiger partial charge in [-0.15, -0.1) is 0 Å². The quantitative estimate of drug-likeness (QED) is 0.763. The second-order valence-corrected chi connectivity index (χ2v) is 6.75. The van der Waals surface area contributed by atoms with Crippen molar-refractivity contribution >= 4 is 11.7 Å². The number of methoxy groups -OCH3 is 1. The molecule has 1 amide bonds. The van der Waals surface area contributed by atoms with E-state index >= 15 is 0 Å². The number of anilines is 1. The van der Waals surface area contributed by atoms with E-state index in [0.29, 0.717) is 26.2 Å². The molecule has 0 radical (unpaired) electrons. The van der Waals surface area contributed by atoms with Gasteiger partial charge in [-0.3, -0.25) is 9.78 Å². The summed E-state index contributed by atoms with van der Waals surface area (Å²) < 4.78 is 5.21. The van der Waals surface area contributed by atoms with Crippen molar-refractivity contribution in [1.82, 2.24) is 14.9 Å². The van der Waals surface area contributed by atoms with Crippen LogP contribution >= 0.6 is 0 Å². The van der Waals surface area contributed by atoms with E-state index in [-0.39, 0.29) is 17.7 Å². The molecule has 3 rings (SSSR count). The van der Waals surface area contributed by atoms with E-state index in [4.69, 9.17) is 4.74 Å². The summed E-state index contributed by atoms with van der Waals surface area (Å²) in [7, 11) is 1.66. The van der Waals surface area contributed by atoms with Crippen LogP contribution in [0.15, 0.2) is 48.8 Å². The molecule has 0 unspecified atom stereocenters. The molecule has 6 nitrogen and oxygen atoms in total. The van der Waals surface area contributed by atoms with Gasteiger partial charge in [0.05, 0.1) is 24.8 Å². The number of nitrogens with zero attached hydrogens (tertiary/aromatic N) is 4. The van der Waals surface area contributed by atoms with Crippen molar-refractivity contribution in [3.63, 3.8) is 0 Å². The Hall–Kier alpha value is -2.47. The molecule has 1 aliphatic heterocycles. The Morgan fingerprint density at radius 2 is 1.96 bits per heavy atom. The fourth-order valence-corrected chi connectivity index (χ4v) is 3.41. The molecule has 2 aromatic rings. The minimum Gasteiger partial charge on any atom is -0.383 e. The van der Waals surface area contributed by atoms with Crippen LogP contribution in [0.3, 0.4) is 0 Å². The normalized spacial score (nSPS) is 19.5. The molecule has 2 aromatic heterocycles. The number of hydrogen-bond donors (Lipinski definition) is 0. The van der Waals surface area contributed by atoms with Crippen LogP contribution in [0.2, 0.25) is 0 Å². The lowest BCUT2D eigenvalue weighted by Gasteiger charge is -2.26. The first-order valence-corrected chi connectivity index (χ1v) is 9.02. The smallest absolute Gasteiger partial charge is 0.228 e. The lowest BCUT2D eigenvalue weighted by atomic mass is 9.96. The SMILES string of the molecule is COCCN(Cc1ccccn1)C(=O)[C@@H]1CN(c2ccccn2)C[C@H]1C. The standard InChI is InChI=1S/C20H26N4O2/c1-16-13-24(19-8-4-6-10-22-19)15-18(16)20(25)23(11-12-26-2)14-17-7-3-5-9-21-17/h3-10,16,18H,11-15H2,1-2H3/t16-,18-/m1/s1. The maximum absolute atomic E-state index is 13.2. The van der Waals surface area contributed by atoms with Gasteiger partial charge >= 0.3 is 0 Å². The molecule has 0 spiro atoms. The maximum Gasteiger partial charge on any atom is 0.228 e. The molecule has 26 heavy (non-hydrogen) atoms. The fourth-order valence-electron chi connectivity index (χ4n) is 3.41. The number of carbonyl (C=O) groups is 1. The minimum absolute atomic E-state index is 0.0439. The number of rotatable bonds is 7. The summed E-state index contributed by atoms with van der Waals surface area (Å²) in [5, 5.41) is 0. The molecule has 1 aliphatic rings. The molecule has 2 atom stereocenters. The van der Waals surface area contributed by atoms with Crippen LogP contribution in [0.4, 0.5) is 5.82 Å². The average Bonchev–Trinajstić information content (AvgIpc) is 3.08. The summed E-state index contributed by atoms with van der Waals surface area (Å²) in [5.41, 5.74) is 0.893. The Bertz CT molecular complexity index is 695. The van der Waals surface area contributed by atoms with Crippen LogP contribution in [0, 0.1) is 11.8 Å². The average molecular weight is 354 g/mol. The highest BCUT2D eigenvalue weighted by atomic mass is 16.5. The predicted molar refractivity (Wildman–Crippen MR) is 101 cm³/mol. The summed E-state index contributed by atoms with van der Waals surface area (Å²) in [6.45, 7) is 5.27. The highest BCUT2D eigenvalue weighted by molar-refractivity contribution is 5.80. The Labute approximate surface area is 154 Å². The topological polar surface area (TPSA) is 58.6 Å². The maximum atomic E-state index is 13.2. The monoisotopic (exact) mass is 354 g/mol. The largest absolute Gasteiger partial charge is 0.383 e. The van der Waals surface area contributed by atoms with Crippen LogP contribution in [0.1, 0.15) is 12.6 Å².